The number of nitrogens with zero attached hydrogens (tertiary/aromatic N) is 2. The van der Waals surface area contributed by atoms with Crippen molar-refractivity contribution in [3.05, 3.63) is 58.7 Å². The molecular formula is C23H30N2Ni. The fourth-order valence-corrected chi connectivity index (χ4v) is 2.67. The molecule has 0 spiro atoms. The van der Waals surface area contributed by atoms with E-state index in [2.05, 4.69) is 77.9 Å². The second-order valence-corrected chi connectivity index (χ2v) is 6.90. The Morgan fingerprint density at radius 1 is 0.769 bits per heavy atom. The van der Waals surface area contributed by atoms with Crippen molar-refractivity contribution in [1.82, 2.24) is 0 Å². The Morgan fingerprint density at radius 2 is 1.27 bits per heavy atom. The van der Waals surface area contributed by atoms with Gasteiger partial charge in [0.1, 0.15) is 0 Å². The topological polar surface area (TPSA) is 24.7 Å². The molecule has 0 aliphatic heterocycles. The molecule has 0 saturated heterocycles. The first-order valence-electron chi connectivity index (χ1n) is 9.18. The quantitative estimate of drug-likeness (QED) is 0.374. The van der Waals surface area contributed by atoms with Crippen LogP contribution in [0.2, 0.25) is 0 Å². The summed E-state index contributed by atoms with van der Waals surface area (Å²) < 4.78 is 0. The van der Waals surface area contributed by atoms with Crippen LogP contribution in [0, 0.1) is 27.7 Å². The van der Waals surface area contributed by atoms with Gasteiger partial charge in [0.15, 0.2) is 0 Å². The number of rotatable bonds is 6. The Labute approximate surface area is 168 Å². The van der Waals surface area contributed by atoms with Gasteiger partial charge in [-0.25, -0.2) is 0 Å². The summed E-state index contributed by atoms with van der Waals surface area (Å²) in [4.78, 5) is 9.76. The van der Waals surface area contributed by atoms with Crippen LogP contribution in [-0.4, -0.2) is 11.4 Å². The first kappa shape index (κ1) is 22.3. The molecule has 0 aliphatic carbocycles. The van der Waals surface area contributed by atoms with Crippen molar-refractivity contribution in [1.29, 1.82) is 0 Å². The van der Waals surface area contributed by atoms with Gasteiger partial charge in [0.25, 0.3) is 0 Å². The molecule has 2 aromatic rings. The van der Waals surface area contributed by atoms with Crippen LogP contribution < -0.4 is 0 Å². The van der Waals surface area contributed by atoms with Crippen LogP contribution in [0.4, 0.5) is 11.4 Å². The second kappa shape index (κ2) is 10.4. The second-order valence-electron chi connectivity index (χ2n) is 6.90. The van der Waals surface area contributed by atoms with Gasteiger partial charge in [-0.2, -0.15) is 0 Å². The van der Waals surface area contributed by atoms with Gasteiger partial charge in [0.2, 0.25) is 0 Å². The Bertz CT molecular complexity index is 804. The maximum absolute atomic E-state index is 4.92. The number of aryl methyl sites for hydroxylation is 4. The molecule has 2 rings (SSSR count). The van der Waals surface area contributed by atoms with Crippen molar-refractivity contribution < 1.29 is 16.5 Å². The van der Waals surface area contributed by atoms with Gasteiger partial charge < -0.3 is 0 Å². The number of aliphatic imine (C=N–C) groups is 2. The first-order valence-corrected chi connectivity index (χ1v) is 9.18. The van der Waals surface area contributed by atoms with Crippen molar-refractivity contribution in [2.24, 2.45) is 9.98 Å². The normalized spacial score (nSPS) is 12.1. The predicted octanol–water partition coefficient (Wildman–Crippen LogP) is 6.97. The zero-order chi connectivity index (χ0) is 18.4. The summed E-state index contributed by atoms with van der Waals surface area (Å²) in [6, 6.07) is 12.8. The smallest absolute Gasteiger partial charge is 0.0636 e. The first-order chi connectivity index (χ1) is 11.9. The van der Waals surface area contributed by atoms with E-state index < -0.39 is 0 Å². The third-order valence-electron chi connectivity index (χ3n) is 4.73. The summed E-state index contributed by atoms with van der Waals surface area (Å²) in [5.41, 5.74) is 9.27. The fourth-order valence-electron chi connectivity index (χ4n) is 2.67. The molecule has 26 heavy (non-hydrogen) atoms. The zero-order valence-electron chi connectivity index (χ0n) is 16.8. The number of unbranched alkanes of at least 4 members (excludes halogenated alkanes) is 1. The van der Waals surface area contributed by atoms with E-state index in [1.807, 2.05) is 0 Å². The summed E-state index contributed by atoms with van der Waals surface area (Å²) >= 11 is 0. The third-order valence-corrected chi connectivity index (χ3v) is 4.73. The molecule has 0 fully saturated rings. The van der Waals surface area contributed by atoms with Gasteiger partial charge in [0, 0.05) is 16.5 Å². The standard InChI is InChI=1S/C23H30N2.Ni/c1-7-8-9-23(25-22-13-11-17(3)19(5)15-22)20(6)24-21-12-10-16(2)18(4)14-21;/h10-15H,7-9H2,1-6H3;. The van der Waals surface area contributed by atoms with E-state index in [4.69, 9.17) is 9.98 Å². The molecule has 0 heterocycles. The minimum Gasteiger partial charge on any atom is -0.252 e. The summed E-state index contributed by atoms with van der Waals surface area (Å²) in [6.07, 6.45) is 3.25. The summed E-state index contributed by atoms with van der Waals surface area (Å²) in [7, 11) is 0. The molecule has 0 amide bonds. The molecule has 0 aliphatic rings. The van der Waals surface area contributed by atoms with Crippen molar-refractivity contribution in [2.45, 2.75) is 60.8 Å². The molecule has 2 aromatic carbocycles. The van der Waals surface area contributed by atoms with E-state index in [9.17, 15) is 0 Å². The van der Waals surface area contributed by atoms with E-state index in [1.165, 1.54) is 22.3 Å². The monoisotopic (exact) mass is 392 g/mol. The van der Waals surface area contributed by atoms with E-state index >= 15 is 0 Å². The molecule has 142 valence electrons. The summed E-state index contributed by atoms with van der Waals surface area (Å²) in [6.45, 7) is 12.8. The van der Waals surface area contributed by atoms with E-state index in [0.29, 0.717) is 0 Å². The SMILES string of the molecule is CCCCC(=Nc1ccc(C)c(C)c1)C(C)=Nc1ccc(C)c(C)c1.[Ni]. The predicted molar refractivity (Wildman–Crippen MR) is 111 cm³/mol. The molecule has 0 aromatic heterocycles. The van der Waals surface area contributed by atoms with Crippen LogP contribution in [0.1, 0.15) is 55.4 Å². The zero-order valence-corrected chi connectivity index (χ0v) is 17.8. The Balaban J connectivity index is 0.00000338. The summed E-state index contributed by atoms with van der Waals surface area (Å²) in [5.74, 6) is 0. The number of benzene rings is 2. The van der Waals surface area contributed by atoms with Gasteiger partial charge in [-0.05, 0) is 94.0 Å². The molecular weight excluding hydrogens is 363 g/mol. The van der Waals surface area contributed by atoms with E-state index in [1.54, 1.807) is 0 Å². The van der Waals surface area contributed by atoms with Gasteiger partial charge in [-0.3, -0.25) is 9.98 Å². The molecule has 0 unspecified atom stereocenters. The average molecular weight is 393 g/mol. The van der Waals surface area contributed by atoms with Crippen LogP contribution in [-0.2, 0) is 16.5 Å². The largest absolute Gasteiger partial charge is 0.252 e. The maximum atomic E-state index is 4.92. The third kappa shape index (κ3) is 6.21. The molecule has 0 N–H and O–H groups in total. The molecule has 0 bridgehead atoms. The maximum Gasteiger partial charge on any atom is 0.0636 e. The Hall–Kier alpha value is -1.73. The van der Waals surface area contributed by atoms with E-state index in [-0.39, 0.29) is 16.5 Å². The van der Waals surface area contributed by atoms with Crippen LogP contribution in [0.3, 0.4) is 0 Å². The van der Waals surface area contributed by atoms with Crippen LogP contribution in [0.25, 0.3) is 0 Å². The molecule has 0 saturated carbocycles. The Morgan fingerprint density at radius 3 is 1.73 bits per heavy atom. The molecule has 0 atom stereocenters. The molecule has 0 radical (unpaired) electrons. The molecule has 3 heteroatoms. The van der Waals surface area contributed by atoms with Crippen LogP contribution in [0.15, 0.2) is 46.4 Å². The minimum absolute atomic E-state index is 0. The number of hydrogen-bond donors (Lipinski definition) is 0. The minimum atomic E-state index is 0. The van der Waals surface area contributed by atoms with Crippen molar-refractivity contribution in [3.8, 4) is 0 Å². The van der Waals surface area contributed by atoms with Gasteiger partial charge in [-0.15, -0.1) is 0 Å². The summed E-state index contributed by atoms with van der Waals surface area (Å²) in [5, 5.41) is 0. The Kier molecular flexibility index (Phi) is 8.95. The fraction of sp³-hybridized carbons (Fsp3) is 0.391. The van der Waals surface area contributed by atoms with Gasteiger partial charge >= 0.3 is 0 Å². The van der Waals surface area contributed by atoms with Crippen molar-refractivity contribution in [2.75, 3.05) is 0 Å². The van der Waals surface area contributed by atoms with Gasteiger partial charge in [0.05, 0.1) is 22.8 Å². The van der Waals surface area contributed by atoms with Crippen LogP contribution in [0.5, 0.6) is 0 Å². The van der Waals surface area contributed by atoms with E-state index in [0.717, 1.165) is 42.1 Å². The van der Waals surface area contributed by atoms with Crippen LogP contribution >= 0.6 is 0 Å². The van der Waals surface area contributed by atoms with Crippen molar-refractivity contribution >= 4 is 22.8 Å². The van der Waals surface area contributed by atoms with Crippen molar-refractivity contribution in [3.63, 3.8) is 0 Å². The van der Waals surface area contributed by atoms with Gasteiger partial charge in [-0.1, -0.05) is 25.5 Å². The number of hydrogen-bond acceptors (Lipinski definition) is 2. The average Bonchev–Trinajstić information content (AvgIpc) is 2.58. The molecule has 2 nitrogen and oxygen atoms in total.